The van der Waals surface area contributed by atoms with Gasteiger partial charge >= 0.3 is 5.97 Å². The molecule has 0 unspecified atom stereocenters. The van der Waals surface area contributed by atoms with E-state index < -0.39 is 5.97 Å². The third-order valence-corrected chi connectivity index (χ3v) is 2.71. The van der Waals surface area contributed by atoms with Gasteiger partial charge in [0, 0.05) is 10.6 Å². The van der Waals surface area contributed by atoms with Crippen molar-refractivity contribution >= 4 is 17.7 Å². The van der Waals surface area contributed by atoms with Gasteiger partial charge in [0.1, 0.15) is 0 Å². The number of carboxylic acids is 1. The molecule has 0 bridgehead atoms. The van der Waals surface area contributed by atoms with Crippen molar-refractivity contribution < 1.29 is 9.90 Å². The predicted octanol–water partition coefficient (Wildman–Crippen LogP) is 3.05. The molecule has 1 aromatic carbocycles. The third-order valence-electron chi connectivity index (χ3n) is 1.69. The highest BCUT2D eigenvalue weighted by Crippen LogP contribution is 2.22. The molecule has 0 atom stereocenters. The summed E-state index contributed by atoms with van der Waals surface area (Å²) in [6, 6.07) is 7.05. The van der Waals surface area contributed by atoms with Gasteiger partial charge in [-0.25, -0.2) is 4.79 Å². The highest BCUT2D eigenvalue weighted by atomic mass is 32.2. The summed E-state index contributed by atoms with van der Waals surface area (Å²) < 4.78 is 0. The Morgan fingerprint density at radius 1 is 1.50 bits per heavy atom. The van der Waals surface area contributed by atoms with Crippen LogP contribution in [0.1, 0.15) is 17.3 Å². The van der Waals surface area contributed by atoms with Gasteiger partial charge in [0.25, 0.3) is 0 Å². The number of carbonyl (C=O) groups is 1. The van der Waals surface area contributed by atoms with Crippen LogP contribution in [0.5, 0.6) is 0 Å². The van der Waals surface area contributed by atoms with Crippen molar-refractivity contribution in [1.29, 1.82) is 0 Å². The van der Waals surface area contributed by atoms with E-state index >= 15 is 0 Å². The fourth-order valence-electron chi connectivity index (χ4n) is 1.00. The smallest absolute Gasteiger partial charge is 0.336 e. The van der Waals surface area contributed by atoms with E-state index in [0.717, 1.165) is 10.6 Å². The molecule has 0 amide bonds. The third kappa shape index (κ3) is 2.92. The van der Waals surface area contributed by atoms with Crippen LogP contribution in [-0.4, -0.2) is 16.8 Å². The summed E-state index contributed by atoms with van der Waals surface area (Å²) in [6.45, 7) is 1.95. The number of aromatic carboxylic acids is 1. The number of benzene rings is 1. The predicted molar refractivity (Wildman–Crippen MR) is 58.9 cm³/mol. The van der Waals surface area contributed by atoms with Crippen LogP contribution in [0.15, 0.2) is 41.3 Å². The van der Waals surface area contributed by atoms with Crippen LogP contribution in [0, 0.1) is 0 Å². The van der Waals surface area contributed by atoms with E-state index in [9.17, 15) is 4.79 Å². The molecule has 0 saturated carbocycles. The highest BCUT2D eigenvalue weighted by Gasteiger charge is 2.07. The van der Waals surface area contributed by atoms with Crippen LogP contribution >= 0.6 is 11.8 Å². The Balaban J connectivity index is 2.79. The van der Waals surface area contributed by atoms with E-state index in [1.165, 1.54) is 11.8 Å². The minimum Gasteiger partial charge on any atom is -0.478 e. The van der Waals surface area contributed by atoms with Gasteiger partial charge in [0.2, 0.25) is 0 Å². The van der Waals surface area contributed by atoms with E-state index in [1.54, 1.807) is 12.1 Å². The summed E-state index contributed by atoms with van der Waals surface area (Å²) in [6.07, 6.45) is 3.96. The Morgan fingerprint density at radius 2 is 2.21 bits per heavy atom. The molecule has 0 fully saturated rings. The zero-order valence-electron chi connectivity index (χ0n) is 7.93. The molecule has 0 saturated heterocycles. The number of carboxylic acid groups (broad SMARTS) is 1. The Kier molecular flexibility index (Phi) is 4.26. The fraction of sp³-hybridized carbons (Fsp3) is 0.182. The summed E-state index contributed by atoms with van der Waals surface area (Å²) in [5, 5.41) is 8.89. The molecule has 14 heavy (non-hydrogen) atoms. The maximum Gasteiger partial charge on any atom is 0.336 e. The van der Waals surface area contributed by atoms with Crippen molar-refractivity contribution in [3.8, 4) is 0 Å². The number of allylic oxidation sites excluding steroid dienone is 1. The highest BCUT2D eigenvalue weighted by molar-refractivity contribution is 7.99. The zero-order chi connectivity index (χ0) is 10.4. The van der Waals surface area contributed by atoms with Gasteiger partial charge in [0.15, 0.2) is 0 Å². The molecule has 0 heterocycles. The lowest BCUT2D eigenvalue weighted by molar-refractivity contribution is 0.0693. The van der Waals surface area contributed by atoms with Gasteiger partial charge < -0.3 is 5.11 Å². The lowest BCUT2D eigenvalue weighted by Gasteiger charge is -2.02. The summed E-state index contributed by atoms with van der Waals surface area (Å²) in [4.78, 5) is 11.6. The Labute approximate surface area is 87.6 Å². The molecule has 1 rings (SSSR count). The van der Waals surface area contributed by atoms with Crippen LogP contribution in [0.3, 0.4) is 0 Å². The van der Waals surface area contributed by atoms with E-state index in [1.807, 2.05) is 31.2 Å². The summed E-state index contributed by atoms with van der Waals surface area (Å²) in [7, 11) is 0. The summed E-state index contributed by atoms with van der Waals surface area (Å²) in [5.74, 6) is -0.0607. The average molecular weight is 208 g/mol. The van der Waals surface area contributed by atoms with Crippen molar-refractivity contribution in [3.05, 3.63) is 42.0 Å². The Morgan fingerprint density at radius 3 is 2.86 bits per heavy atom. The van der Waals surface area contributed by atoms with Crippen molar-refractivity contribution in [1.82, 2.24) is 0 Å². The first-order valence-electron chi connectivity index (χ1n) is 4.32. The van der Waals surface area contributed by atoms with Crippen LogP contribution in [-0.2, 0) is 0 Å². The Bertz CT molecular complexity index is 345. The number of hydrogen-bond acceptors (Lipinski definition) is 2. The van der Waals surface area contributed by atoms with E-state index in [4.69, 9.17) is 5.11 Å². The molecule has 0 spiro atoms. The average Bonchev–Trinajstić information content (AvgIpc) is 2.19. The van der Waals surface area contributed by atoms with Crippen LogP contribution in [0.2, 0.25) is 0 Å². The second-order valence-electron chi connectivity index (χ2n) is 2.68. The van der Waals surface area contributed by atoms with Gasteiger partial charge in [0.05, 0.1) is 5.56 Å². The molecule has 0 radical (unpaired) electrons. The first-order valence-corrected chi connectivity index (χ1v) is 5.30. The zero-order valence-corrected chi connectivity index (χ0v) is 8.75. The number of rotatable bonds is 4. The van der Waals surface area contributed by atoms with Crippen molar-refractivity contribution in [2.45, 2.75) is 11.8 Å². The molecule has 0 aromatic heterocycles. The van der Waals surface area contributed by atoms with E-state index in [0.29, 0.717) is 5.56 Å². The van der Waals surface area contributed by atoms with Crippen LogP contribution < -0.4 is 0 Å². The second kappa shape index (κ2) is 5.50. The molecule has 1 aromatic rings. The van der Waals surface area contributed by atoms with Gasteiger partial charge in [-0.05, 0) is 19.1 Å². The minimum absolute atomic E-state index is 0.377. The topological polar surface area (TPSA) is 37.3 Å². The summed E-state index contributed by atoms with van der Waals surface area (Å²) in [5.41, 5.74) is 0.377. The van der Waals surface area contributed by atoms with Crippen LogP contribution in [0.4, 0.5) is 0 Å². The van der Waals surface area contributed by atoms with Crippen molar-refractivity contribution in [2.24, 2.45) is 0 Å². The first-order chi connectivity index (χ1) is 6.75. The standard InChI is InChI=1S/C11H12O2S/c1-2-3-8-14-10-7-5-4-6-9(10)11(12)13/h2-7H,8H2,1H3,(H,12,13)/b3-2-. The monoisotopic (exact) mass is 208 g/mol. The molecular weight excluding hydrogens is 196 g/mol. The first kappa shape index (κ1) is 10.9. The SMILES string of the molecule is C/C=C\CSc1ccccc1C(=O)O. The maximum atomic E-state index is 10.8. The van der Waals surface area contributed by atoms with Crippen molar-refractivity contribution in [3.63, 3.8) is 0 Å². The van der Waals surface area contributed by atoms with Gasteiger partial charge in [-0.3, -0.25) is 0 Å². The second-order valence-corrected chi connectivity index (χ2v) is 3.74. The van der Waals surface area contributed by atoms with Gasteiger partial charge in [-0.2, -0.15) is 0 Å². The maximum absolute atomic E-state index is 10.8. The summed E-state index contributed by atoms with van der Waals surface area (Å²) >= 11 is 1.53. The molecule has 0 aliphatic rings. The largest absolute Gasteiger partial charge is 0.478 e. The molecule has 2 nitrogen and oxygen atoms in total. The molecular formula is C11H12O2S. The minimum atomic E-state index is -0.867. The van der Waals surface area contributed by atoms with Gasteiger partial charge in [-0.15, -0.1) is 11.8 Å². The quantitative estimate of drug-likeness (QED) is 0.610. The number of thioether (sulfide) groups is 1. The lowest BCUT2D eigenvalue weighted by Crippen LogP contribution is -1.98. The molecule has 0 aliphatic heterocycles. The normalized spacial score (nSPS) is 10.6. The van der Waals surface area contributed by atoms with Gasteiger partial charge in [-0.1, -0.05) is 24.3 Å². The van der Waals surface area contributed by atoms with E-state index in [2.05, 4.69) is 0 Å². The van der Waals surface area contributed by atoms with Crippen molar-refractivity contribution in [2.75, 3.05) is 5.75 Å². The molecule has 74 valence electrons. The van der Waals surface area contributed by atoms with Crippen LogP contribution in [0.25, 0.3) is 0 Å². The molecule has 0 aliphatic carbocycles. The van der Waals surface area contributed by atoms with E-state index in [-0.39, 0.29) is 0 Å². The molecule has 1 N–H and O–H groups in total. The number of hydrogen-bond donors (Lipinski definition) is 1. The lowest BCUT2D eigenvalue weighted by atomic mass is 10.2. The fourth-order valence-corrected chi connectivity index (χ4v) is 1.96. The Hall–Kier alpha value is -1.22. The molecule has 3 heteroatoms.